The summed E-state index contributed by atoms with van der Waals surface area (Å²) in [6, 6.07) is 21.2. The van der Waals surface area contributed by atoms with E-state index in [1.807, 2.05) is 68.4 Å². The van der Waals surface area contributed by atoms with Crippen molar-refractivity contribution < 1.29 is 9.84 Å². The van der Waals surface area contributed by atoms with Crippen LogP contribution in [-0.4, -0.2) is 39.6 Å². The number of aromatic nitrogens is 2. The average Bonchev–Trinajstić information content (AvgIpc) is 3.13. The number of rotatable bonds is 7. The number of nitrogens with one attached hydrogen (secondary N) is 2. The molecule has 6 heteroatoms. The molecule has 0 bridgehead atoms. The van der Waals surface area contributed by atoms with E-state index in [0.29, 0.717) is 0 Å². The molecule has 1 aliphatic rings. The van der Waals surface area contributed by atoms with Crippen LogP contribution in [0.3, 0.4) is 0 Å². The maximum Gasteiger partial charge on any atom is 0.126 e. The maximum absolute atomic E-state index is 11.6. The molecule has 4 rings (SSSR count). The van der Waals surface area contributed by atoms with E-state index < -0.39 is 6.10 Å². The Hall–Kier alpha value is -2.80. The Morgan fingerprint density at radius 2 is 1.63 bits per heavy atom. The van der Waals surface area contributed by atoms with Crippen LogP contribution in [0.2, 0.25) is 0 Å². The molecule has 0 aliphatic carbocycles. The second-order valence-electron chi connectivity index (χ2n) is 7.69. The minimum absolute atomic E-state index is 0.108. The molecular formula is C24H28N4O2. The lowest BCUT2D eigenvalue weighted by Crippen LogP contribution is -2.47. The SMILES string of the molecule is CC1NC(C(O)C(c2ccccn2)C(Nc2ccccn2)c2ccccc2)C(C)O1. The van der Waals surface area contributed by atoms with Gasteiger partial charge in [0.2, 0.25) is 0 Å². The maximum atomic E-state index is 11.6. The molecule has 0 spiro atoms. The van der Waals surface area contributed by atoms with Crippen LogP contribution in [0, 0.1) is 0 Å². The zero-order chi connectivity index (χ0) is 20.9. The number of aliphatic hydroxyl groups is 1. The second kappa shape index (κ2) is 9.34. The highest BCUT2D eigenvalue weighted by Crippen LogP contribution is 2.38. The predicted molar refractivity (Wildman–Crippen MR) is 117 cm³/mol. The Kier molecular flexibility index (Phi) is 6.38. The van der Waals surface area contributed by atoms with Crippen LogP contribution in [0.4, 0.5) is 5.82 Å². The van der Waals surface area contributed by atoms with Crippen molar-refractivity contribution in [3.8, 4) is 0 Å². The smallest absolute Gasteiger partial charge is 0.126 e. The highest BCUT2D eigenvalue weighted by Gasteiger charge is 2.42. The molecule has 3 N–H and O–H groups in total. The van der Waals surface area contributed by atoms with Gasteiger partial charge in [-0.25, -0.2) is 4.98 Å². The minimum Gasteiger partial charge on any atom is -0.391 e. The van der Waals surface area contributed by atoms with E-state index in [1.54, 1.807) is 12.4 Å². The number of benzene rings is 1. The van der Waals surface area contributed by atoms with Crippen molar-refractivity contribution in [3.05, 3.63) is 90.4 Å². The number of nitrogens with zero attached hydrogens (tertiary/aromatic N) is 2. The van der Waals surface area contributed by atoms with Gasteiger partial charge in [0.25, 0.3) is 0 Å². The lowest BCUT2D eigenvalue weighted by Gasteiger charge is -2.35. The van der Waals surface area contributed by atoms with E-state index in [4.69, 9.17) is 4.74 Å². The molecule has 1 aliphatic heterocycles. The van der Waals surface area contributed by atoms with Crippen LogP contribution in [0.1, 0.15) is 37.1 Å². The lowest BCUT2D eigenvalue weighted by molar-refractivity contribution is 0.0341. The average molecular weight is 405 g/mol. The highest BCUT2D eigenvalue weighted by molar-refractivity contribution is 5.41. The molecule has 3 heterocycles. The van der Waals surface area contributed by atoms with Crippen molar-refractivity contribution >= 4 is 5.82 Å². The number of aliphatic hydroxyl groups excluding tert-OH is 1. The molecule has 2 aromatic heterocycles. The molecule has 1 aromatic carbocycles. The summed E-state index contributed by atoms with van der Waals surface area (Å²) in [5, 5.41) is 18.5. The third-order valence-corrected chi connectivity index (χ3v) is 5.60. The summed E-state index contributed by atoms with van der Waals surface area (Å²) < 4.78 is 5.86. The Labute approximate surface area is 177 Å². The van der Waals surface area contributed by atoms with Gasteiger partial charge in [-0.3, -0.25) is 10.3 Å². The van der Waals surface area contributed by atoms with Gasteiger partial charge in [-0.15, -0.1) is 0 Å². The van der Waals surface area contributed by atoms with Crippen LogP contribution in [-0.2, 0) is 4.74 Å². The number of hydrogen-bond donors (Lipinski definition) is 3. The Morgan fingerprint density at radius 1 is 0.933 bits per heavy atom. The van der Waals surface area contributed by atoms with Gasteiger partial charge >= 0.3 is 0 Å². The predicted octanol–water partition coefficient (Wildman–Crippen LogP) is 3.50. The number of ether oxygens (including phenoxy) is 1. The lowest BCUT2D eigenvalue weighted by atomic mass is 9.81. The van der Waals surface area contributed by atoms with Gasteiger partial charge in [0.15, 0.2) is 0 Å². The molecule has 0 radical (unpaired) electrons. The van der Waals surface area contributed by atoms with E-state index in [1.165, 1.54) is 0 Å². The minimum atomic E-state index is -0.735. The fourth-order valence-corrected chi connectivity index (χ4v) is 4.22. The molecular weight excluding hydrogens is 376 g/mol. The molecule has 156 valence electrons. The van der Waals surface area contributed by atoms with Crippen molar-refractivity contribution in [2.45, 2.75) is 50.3 Å². The van der Waals surface area contributed by atoms with Crippen LogP contribution in [0.15, 0.2) is 79.1 Å². The summed E-state index contributed by atoms with van der Waals surface area (Å²) >= 11 is 0. The summed E-state index contributed by atoms with van der Waals surface area (Å²) in [4.78, 5) is 9.07. The molecule has 1 saturated heterocycles. The summed E-state index contributed by atoms with van der Waals surface area (Å²) in [5.41, 5.74) is 1.87. The molecule has 0 saturated carbocycles. The van der Waals surface area contributed by atoms with Crippen LogP contribution in [0.5, 0.6) is 0 Å². The first-order chi connectivity index (χ1) is 14.6. The quantitative estimate of drug-likeness (QED) is 0.559. The Morgan fingerprint density at radius 3 is 2.23 bits per heavy atom. The summed E-state index contributed by atoms with van der Waals surface area (Å²) in [5.74, 6) is 0.418. The molecule has 6 unspecified atom stereocenters. The third-order valence-electron chi connectivity index (χ3n) is 5.60. The summed E-state index contributed by atoms with van der Waals surface area (Å²) in [6.45, 7) is 3.95. The first-order valence-electron chi connectivity index (χ1n) is 10.4. The van der Waals surface area contributed by atoms with Gasteiger partial charge < -0.3 is 15.2 Å². The molecule has 6 nitrogen and oxygen atoms in total. The molecule has 30 heavy (non-hydrogen) atoms. The van der Waals surface area contributed by atoms with Crippen LogP contribution in [0.25, 0.3) is 0 Å². The van der Waals surface area contributed by atoms with Crippen molar-refractivity contribution in [2.24, 2.45) is 0 Å². The Bertz CT molecular complexity index is 910. The Balaban J connectivity index is 1.76. The zero-order valence-corrected chi connectivity index (χ0v) is 17.2. The van der Waals surface area contributed by atoms with Crippen molar-refractivity contribution in [2.75, 3.05) is 5.32 Å². The van der Waals surface area contributed by atoms with E-state index in [-0.39, 0.29) is 30.3 Å². The van der Waals surface area contributed by atoms with Gasteiger partial charge in [0.05, 0.1) is 30.2 Å². The van der Waals surface area contributed by atoms with Gasteiger partial charge in [-0.2, -0.15) is 0 Å². The fourth-order valence-electron chi connectivity index (χ4n) is 4.22. The first-order valence-corrected chi connectivity index (χ1v) is 10.4. The van der Waals surface area contributed by atoms with E-state index in [0.717, 1.165) is 17.1 Å². The first kappa shape index (κ1) is 20.5. The van der Waals surface area contributed by atoms with Gasteiger partial charge in [0.1, 0.15) is 12.0 Å². The molecule has 1 fully saturated rings. The topological polar surface area (TPSA) is 79.3 Å². The fraction of sp³-hybridized carbons (Fsp3) is 0.333. The number of anilines is 1. The van der Waals surface area contributed by atoms with Crippen LogP contribution < -0.4 is 10.6 Å². The summed E-state index contributed by atoms with van der Waals surface area (Å²) in [7, 11) is 0. The molecule has 6 atom stereocenters. The van der Waals surface area contributed by atoms with E-state index in [9.17, 15) is 5.11 Å². The van der Waals surface area contributed by atoms with Crippen molar-refractivity contribution in [1.29, 1.82) is 0 Å². The monoisotopic (exact) mass is 404 g/mol. The van der Waals surface area contributed by atoms with E-state index in [2.05, 4.69) is 32.7 Å². The third kappa shape index (κ3) is 4.51. The highest BCUT2D eigenvalue weighted by atomic mass is 16.5. The largest absolute Gasteiger partial charge is 0.391 e. The summed E-state index contributed by atoms with van der Waals surface area (Å²) in [6.07, 6.45) is 2.56. The van der Waals surface area contributed by atoms with Gasteiger partial charge in [-0.05, 0) is 43.7 Å². The standard InChI is InChI=1S/C24H28N4O2/c1-16-22(27-17(2)30-16)24(29)21(19-12-6-8-14-25-19)23(18-10-4-3-5-11-18)28-20-13-7-9-15-26-20/h3-17,21-24,27,29H,1-2H3,(H,26,28). The molecule has 0 amide bonds. The van der Waals surface area contributed by atoms with Gasteiger partial charge in [0, 0.05) is 18.1 Å². The van der Waals surface area contributed by atoms with Gasteiger partial charge in [-0.1, -0.05) is 42.5 Å². The number of pyridine rings is 2. The second-order valence-corrected chi connectivity index (χ2v) is 7.69. The zero-order valence-electron chi connectivity index (χ0n) is 17.2. The molecule has 3 aromatic rings. The van der Waals surface area contributed by atoms with Crippen LogP contribution >= 0.6 is 0 Å². The van der Waals surface area contributed by atoms with Crippen molar-refractivity contribution in [1.82, 2.24) is 15.3 Å². The van der Waals surface area contributed by atoms with Crippen molar-refractivity contribution in [3.63, 3.8) is 0 Å². The number of hydrogen-bond acceptors (Lipinski definition) is 6. The van der Waals surface area contributed by atoms with E-state index >= 15 is 0 Å². The normalized spacial score (nSPS) is 24.2.